The number of nitrogens with zero attached hydrogens (tertiary/aromatic N) is 2. The van der Waals surface area contributed by atoms with Gasteiger partial charge in [-0.15, -0.1) is 11.3 Å². The molecule has 2 nitrogen and oxygen atoms in total. The van der Waals surface area contributed by atoms with Crippen LogP contribution in [0.4, 0.5) is 0 Å². The Morgan fingerprint density at radius 3 is 2.91 bits per heavy atom. The molecule has 0 spiro atoms. The second-order valence-corrected chi connectivity index (χ2v) is 3.75. The second-order valence-electron chi connectivity index (χ2n) is 2.61. The first kappa shape index (κ1) is 8.43. The maximum Gasteiger partial charge on any atom is 0.115 e. The summed E-state index contributed by atoms with van der Waals surface area (Å²) in [6.45, 7) is 4.62. The van der Waals surface area contributed by atoms with Gasteiger partial charge in [0.1, 0.15) is 5.01 Å². The molecule has 0 aliphatic rings. The summed E-state index contributed by atoms with van der Waals surface area (Å²) in [6, 6.07) is 0. The van der Waals surface area contributed by atoms with E-state index in [4.69, 9.17) is 0 Å². The Morgan fingerprint density at radius 2 is 2.45 bits per heavy atom. The van der Waals surface area contributed by atoms with Gasteiger partial charge in [0.2, 0.25) is 0 Å². The molecule has 1 rings (SSSR count). The van der Waals surface area contributed by atoms with E-state index < -0.39 is 0 Å². The van der Waals surface area contributed by atoms with Crippen LogP contribution in [-0.2, 0) is 6.54 Å². The molecule has 0 saturated heterocycles. The van der Waals surface area contributed by atoms with Crippen LogP contribution < -0.4 is 0 Å². The van der Waals surface area contributed by atoms with E-state index in [0.29, 0.717) is 0 Å². The van der Waals surface area contributed by atoms with Crippen molar-refractivity contribution in [1.82, 2.24) is 9.88 Å². The minimum Gasteiger partial charge on any atom is -0.304 e. The van der Waals surface area contributed by atoms with Crippen LogP contribution >= 0.6 is 11.3 Å². The third kappa shape index (κ3) is 2.44. The fourth-order valence-electron chi connectivity index (χ4n) is 0.802. The van der Waals surface area contributed by atoms with Crippen LogP contribution in [0.2, 0.25) is 0 Å². The summed E-state index contributed by atoms with van der Waals surface area (Å²) in [4.78, 5) is 7.57. The highest BCUT2D eigenvalue weighted by atomic mass is 32.1. The molecule has 0 fully saturated rings. The molecular formula is C8H12N2S. The Bertz CT molecular complexity index is 240. The van der Waals surface area contributed by atoms with E-state index in [0.717, 1.165) is 11.6 Å². The highest BCUT2D eigenvalue weighted by molar-refractivity contribution is 7.12. The van der Waals surface area contributed by atoms with Crippen LogP contribution in [-0.4, -0.2) is 24.0 Å². The molecule has 1 heterocycles. The smallest absolute Gasteiger partial charge is 0.115 e. The van der Waals surface area contributed by atoms with Gasteiger partial charge >= 0.3 is 0 Å². The number of rotatable bonds is 3. The molecule has 0 N–H and O–H groups in total. The molecule has 0 aromatic carbocycles. The zero-order valence-electron chi connectivity index (χ0n) is 6.87. The summed E-state index contributed by atoms with van der Waals surface area (Å²) in [5.74, 6) is 0. The lowest BCUT2D eigenvalue weighted by molar-refractivity contribution is 0.406. The lowest BCUT2D eigenvalue weighted by atomic mass is 10.5. The molecule has 0 bridgehead atoms. The van der Waals surface area contributed by atoms with E-state index in [1.54, 1.807) is 17.4 Å². The summed E-state index contributed by atoms with van der Waals surface area (Å²) in [7, 11) is 4.10. The van der Waals surface area contributed by atoms with Crippen molar-refractivity contribution in [3.63, 3.8) is 0 Å². The van der Waals surface area contributed by atoms with E-state index in [9.17, 15) is 0 Å². The normalized spacial score (nSPS) is 10.5. The Labute approximate surface area is 71.2 Å². The average Bonchev–Trinajstić information content (AvgIpc) is 2.34. The lowest BCUT2D eigenvalue weighted by Crippen LogP contribution is -2.09. The van der Waals surface area contributed by atoms with Crippen molar-refractivity contribution in [1.29, 1.82) is 0 Å². The third-order valence-corrected chi connectivity index (χ3v) is 2.20. The van der Waals surface area contributed by atoms with Crippen molar-refractivity contribution in [2.75, 3.05) is 14.1 Å². The molecule has 1 aromatic rings. The van der Waals surface area contributed by atoms with Crippen LogP contribution in [0.15, 0.2) is 12.8 Å². The van der Waals surface area contributed by atoms with Gasteiger partial charge in [0.05, 0.1) is 0 Å². The van der Waals surface area contributed by atoms with Crippen molar-refractivity contribution >= 4 is 17.4 Å². The van der Waals surface area contributed by atoms with E-state index in [1.807, 2.05) is 20.3 Å². The van der Waals surface area contributed by atoms with E-state index >= 15 is 0 Å². The quantitative estimate of drug-likeness (QED) is 0.684. The van der Waals surface area contributed by atoms with E-state index in [2.05, 4.69) is 16.5 Å². The van der Waals surface area contributed by atoms with Crippen LogP contribution in [0.1, 0.15) is 9.88 Å². The fraction of sp³-hybridized carbons (Fsp3) is 0.375. The van der Waals surface area contributed by atoms with Gasteiger partial charge in [-0.2, -0.15) is 0 Å². The van der Waals surface area contributed by atoms with Gasteiger partial charge in [-0.3, -0.25) is 0 Å². The fourth-order valence-corrected chi connectivity index (χ4v) is 1.69. The zero-order valence-corrected chi connectivity index (χ0v) is 7.69. The SMILES string of the molecule is C=Cc1ncc(CN(C)C)s1. The Morgan fingerprint density at radius 1 is 1.73 bits per heavy atom. The molecule has 3 heteroatoms. The molecule has 0 saturated carbocycles. The Kier molecular flexibility index (Phi) is 2.79. The standard InChI is InChI=1S/C8H12N2S/c1-4-8-9-5-7(11-8)6-10(2)3/h4-5H,1,6H2,2-3H3. The molecule has 0 aliphatic carbocycles. The lowest BCUT2D eigenvalue weighted by Gasteiger charge is -2.04. The maximum atomic E-state index is 4.16. The Hall–Kier alpha value is -0.670. The van der Waals surface area contributed by atoms with E-state index in [-0.39, 0.29) is 0 Å². The zero-order chi connectivity index (χ0) is 8.27. The van der Waals surface area contributed by atoms with Crippen molar-refractivity contribution in [2.24, 2.45) is 0 Å². The maximum absolute atomic E-state index is 4.16. The number of aromatic nitrogens is 1. The molecule has 0 atom stereocenters. The first-order valence-electron chi connectivity index (χ1n) is 3.44. The van der Waals surface area contributed by atoms with Gasteiger partial charge in [0, 0.05) is 17.6 Å². The first-order valence-corrected chi connectivity index (χ1v) is 4.26. The highest BCUT2D eigenvalue weighted by Crippen LogP contribution is 2.14. The predicted molar refractivity (Wildman–Crippen MR) is 49.6 cm³/mol. The number of hydrogen-bond donors (Lipinski definition) is 0. The average molecular weight is 168 g/mol. The van der Waals surface area contributed by atoms with Crippen LogP contribution in [0, 0.1) is 0 Å². The van der Waals surface area contributed by atoms with Gasteiger partial charge in [-0.25, -0.2) is 4.98 Å². The topological polar surface area (TPSA) is 16.1 Å². The molecule has 1 aromatic heterocycles. The number of thiazole rings is 1. The molecule has 0 aliphatic heterocycles. The van der Waals surface area contributed by atoms with Gasteiger partial charge in [0.15, 0.2) is 0 Å². The van der Waals surface area contributed by atoms with Crippen molar-refractivity contribution in [2.45, 2.75) is 6.54 Å². The predicted octanol–water partition coefficient (Wildman–Crippen LogP) is 1.85. The molecule has 0 unspecified atom stereocenters. The molecule has 11 heavy (non-hydrogen) atoms. The van der Waals surface area contributed by atoms with Gasteiger partial charge in [-0.05, 0) is 20.2 Å². The van der Waals surface area contributed by atoms with Crippen molar-refractivity contribution in [3.8, 4) is 0 Å². The van der Waals surface area contributed by atoms with Gasteiger partial charge in [0.25, 0.3) is 0 Å². The third-order valence-electron chi connectivity index (χ3n) is 1.22. The van der Waals surface area contributed by atoms with Crippen LogP contribution in [0.25, 0.3) is 6.08 Å². The second kappa shape index (κ2) is 3.64. The van der Waals surface area contributed by atoms with Crippen LogP contribution in [0.3, 0.4) is 0 Å². The Balaban J connectivity index is 2.65. The summed E-state index contributed by atoms with van der Waals surface area (Å²) >= 11 is 1.69. The van der Waals surface area contributed by atoms with E-state index in [1.165, 1.54) is 4.88 Å². The van der Waals surface area contributed by atoms with Gasteiger partial charge < -0.3 is 4.90 Å². The summed E-state index contributed by atoms with van der Waals surface area (Å²) in [5.41, 5.74) is 0. The first-order chi connectivity index (χ1) is 5.22. The summed E-state index contributed by atoms with van der Waals surface area (Å²) in [6.07, 6.45) is 3.69. The van der Waals surface area contributed by atoms with Crippen molar-refractivity contribution in [3.05, 3.63) is 22.7 Å². The molecule has 0 radical (unpaired) electrons. The van der Waals surface area contributed by atoms with Crippen LogP contribution in [0.5, 0.6) is 0 Å². The van der Waals surface area contributed by atoms with Gasteiger partial charge in [-0.1, -0.05) is 6.58 Å². The minimum absolute atomic E-state index is 0.964. The largest absolute Gasteiger partial charge is 0.304 e. The molecule has 0 amide bonds. The highest BCUT2D eigenvalue weighted by Gasteiger charge is 1.98. The summed E-state index contributed by atoms with van der Waals surface area (Å²) in [5, 5.41) is 1.00. The summed E-state index contributed by atoms with van der Waals surface area (Å²) < 4.78 is 0. The molecule has 60 valence electrons. The number of hydrogen-bond acceptors (Lipinski definition) is 3. The minimum atomic E-state index is 0.964. The van der Waals surface area contributed by atoms with Crippen molar-refractivity contribution < 1.29 is 0 Å². The molecular weight excluding hydrogens is 156 g/mol. The monoisotopic (exact) mass is 168 g/mol.